The molecule has 1 saturated heterocycles. The van der Waals surface area contributed by atoms with Crippen molar-refractivity contribution in [3.63, 3.8) is 0 Å². The number of urea groups is 1. The lowest BCUT2D eigenvalue weighted by molar-refractivity contribution is -0.119. The lowest BCUT2D eigenvalue weighted by atomic mass is 9.88. The Hall–Kier alpha value is -4.46. The van der Waals surface area contributed by atoms with Gasteiger partial charge in [0.25, 0.3) is 0 Å². The first kappa shape index (κ1) is 23.7. The zero-order valence-corrected chi connectivity index (χ0v) is 19.5. The number of methoxy groups -OCH3 is 2. The highest BCUT2D eigenvalue weighted by atomic mass is 16.5. The number of hydrogen-bond donors (Lipinski definition) is 3. The molecule has 3 N–H and O–H groups in total. The second kappa shape index (κ2) is 10.6. The van der Waals surface area contributed by atoms with E-state index in [1.165, 1.54) is 7.11 Å². The van der Waals surface area contributed by atoms with Crippen LogP contribution < -0.4 is 30.2 Å². The first-order valence-electron chi connectivity index (χ1n) is 11.0. The van der Waals surface area contributed by atoms with E-state index in [-0.39, 0.29) is 11.6 Å². The fourth-order valence-electron chi connectivity index (χ4n) is 3.96. The Balaban J connectivity index is 1.59. The Morgan fingerprint density at radius 3 is 2.40 bits per heavy atom. The predicted molar refractivity (Wildman–Crippen MR) is 132 cm³/mol. The van der Waals surface area contributed by atoms with E-state index in [4.69, 9.17) is 14.2 Å². The van der Waals surface area contributed by atoms with E-state index in [0.717, 1.165) is 5.56 Å². The number of anilines is 1. The summed E-state index contributed by atoms with van der Waals surface area (Å²) in [6, 6.07) is 21.1. The Labute approximate surface area is 203 Å². The van der Waals surface area contributed by atoms with E-state index < -0.39 is 18.0 Å². The van der Waals surface area contributed by atoms with Crippen molar-refractivity contribution >= 4 is 17.6 Å². The molecule has 180 valence electrons. The minimum Gasteiger partial charge on any atom is -0.495 e. The number of carbonyl (C=O) groups is 2. The second-order valence-electron chi connectivity index (χ2n) is 7.95. The summed E-state index contributed by atoms with van der Waals surface area (Å²) in [5.74, 6) is 0.422. The zero-order valence-electron chi connectivity index (χ0n) is 19.5. The summed E-state index contributed by atoms with van der Waals surface area (Å²) in [6.07, 6.45) is 0. The molecule has 0 aromatic heterocycles. The fourth-order valence-corrected chi connectivity index (χ4v) is 3.96. The number of nitrogens with one attached hydrogen (secondary N) is 3. The molecule has 2 atom stereocenters. The lowest BCUT2D eigenvalue weighted by Crippen LogP contribution is -2.51. The van der Waals surface area contributed by atoms with Crippen molar-refractivity contribution in [3.05, 3.63) is 96.2 Å². The third kappa shape index (κ3) is 5.38. The number of ether oxygens (including phenoxy) is 3. The summed E-state index contributed by atoms with van der Waals surface area (Å²) in [5.41, 5.74) is 2.50. The van der Waals surface area contributed by atoms with Gasteiger partial charge in [-0.25, -0.2) is 4.79 Å². The van der Waals surface area contributed by atoms with Crippen LogP contribution in [0.15, 0.2) is 85.1 Å². The van der Waals surface area contributed by atoms with Gasteiger partial charge in [0.05, 0.1) is 25.9 Å². The molecule has 0 unspecified atom stereocenters. The summed E-state index contributed by atoms with van der Waals surface area (Å²) in [7, 11) is 3.07. The molecule has 8 heteroatoms. The summed E-state index contributed by atoms with van der Waals surface area (Å²) in [5, 5.41) is 8.33. The molecule has 3 aromatic rings. The van der Waals surface area contributed by atoms with Crippen LogP contribution in [0.2, 0.25) is 0 Å². The Morgan fingerprint density at radius 2 is 1.66 bits per heavy atom. The average Bonchev–Trinajstić information content (AvgIpc) is 2.87. The van der Waals surface area contributed by atoms with Gasteiger partial charge in [-0.2, -0.15) is 0 Å². The largest absolute Gasteiger partial charge is 0.495 e. The highest BCUT2D eigenvalue weighted by Crippen LogP contribution is 2.36. The molecule has 0 radical (unpaired) electrons. The molecule has 0 spiro atoms. The molecule has 1 fully saturated rings. The quantitative estimate of drug-likeness (QED) is 0.450. The first-order valence-corrected chi connectivity index (χ1v) is 11.0. The molecular formula is C27H27N3O5. The second-order valence-corrected chi connectivity index (χ2v) is 7.95. The van der Waals surface area contributed by atoms with Gasteiger partial charge >= 0.3 is 6.03 Å². The summed E-state index contributed by atoms with van der Waals surface area (Å²) < 4.78 is 16.8. The van der Waals surface area contributed by atoms with Crippen LogP contribution >= 0.6 is 0 Å². The number of amides is 3. The van der Waals surface area contributed by atoms with Crippen LogP contribution in [0.25, 0.3) is 0 Å². The molecule has 1 aliphatic rings. The van der Waals surface area contributed by atoms with Crippen molar-refractivity contribution < 1.29 is 23.8 Å². The van der Waals surface area contributed by atoms with Crippen molar-refractivity contribution in [3.8, 4) is 17.2 Å². The van der Waals surface area contributed by atoms with Crippen LogP contribution in [-0.4, -0.2) is 26.2 Å². The SMILES string of the molecule is C=C1NC(=O)N[C@H](c2ccc(OCc3ccccc3)c(OC)c2)[C@H]1C(=O)Nc1ccccc1OC. The van der Waals surface area contributed by atoms with Crippen LogP contribution in [0.4, 0.5) is 10.5 Å². The van der Waals surface area contributed by atoms with Gasteiger partial charge in [-0.3, -0.25) is 4.79 Å². The summed E-state index contributed by atoms with van der Waals surface area (Å²) in [6.45, 7) is 4.31. The van der Waals surface area contributed by atoms with Crippen molar-refractivity contribution in [2.24, 2.45) is 5.92 Å². The zero-order chi connectivity index (χ0) is 24.8. The number of benzene rings is 3. The Morgan fingerprint density at radius 1 is 0.943 bits per heavy atom. The minimum atomic E-state index is -0.793. The van der Waals surface area contributed by atoms with Crippen molar-refractivity contribution in [2.75, 3.05) is 19.5 Å². The topological polar surface area (TPSA) is 97.9 Å². The highest BCUT2D eigenvalue weighted by molar-refractivity contribution is 5.98. The summed E-state index contributed by atoms with van der Waals surface area (Å²) >= 11 is 0. The standard InChI is InChI=1S/C27H27N3O5/c1-17-24(26(31)29-20-11-7-8-12-21(20)33-2)25(30-27(32)28-17)19-13-14-22(23(15-19)34-3)35-16-18-9-5-4-6-10-18/h4-15,24-25H,1,16H2,2-3H3,(H,29,31)(H2,28,30,32)/t24-,25+/m0/s1. The molecule has 0 bridgehead atoms. The van der Waals surface area contributed by atoms with Gasteiger partial charge in [-0.05, 0) is 35.4 Å². The van der Waals surface area contributed by atoms with E-state index in [1.807, 2.05) is 36.4 Å². The van der Waals surface area contributed by atoms with Crippen LogP contribution in [0.3, 0.4) is 0 Å². The van der Waals surface area contributed by atoms with E-state index in [1.54, 1.807) is 43.5 Å². The van der Waals surface area contributed by atoms with Gasteiger partial charge in [-0.15, -0.1) is 0 Å². The van der Waals surface area contributed by atoms with Crippen molar-refractivity contribution in [2.45, 2.75) is 12.6 Å². The molecule has 0 saturated carbocycles. The molecule has 0 aliphatic carbocycles. The third-order valence-electron chi connectivity index (χ3n) is 5.70. The van der Waals surface area contributed by atoms with Gasteiger partial charge in [0.15, 0.2) is 11.5 Å². The first-order chi connectivity index (χ1) is 17.0. The monoisotopic (exact) mass is 473 g/mol. The molecule has 3 aromatic carbocycles. The van der Waals surface area contributed by atoms with Crippen molar-refractivity contribution in [1.29, 1.82) is 0 Å². The molecule has 8 nitrogen and oxygen atoms in total. The lowest BCUT2D eigenvalue weighted by Gasteiger charge is -2.34. The number of para-hydroxylation sites is 2. The molecule has 3 amide bonds. The number of rotatable bonds is 8. The number of carbonyl (C=O) groups excluding carboxylic acids is 2. The van der Waals surface area contributed by atoms with Gasteiger partial charge in [0.2, 0.25) is 5.91 Å². The Kier molecular flexibility index (Phi) is 7.21. The maximum absolute atomic E-state index is 13.3. The van der Waals surface area contributed by atoms with E-state index in [2.05, 4.69) is 22.5 Å². The molecule has 35 heavy (non-hydrogen) atoms. The fraction of sp³-hybridized carbons (Fsp3) is 0.185. The smallest absolute Gasteiger partial charge is 0.319 e. The maximum atomic E-state index is 13.3. The molecule has 4 rings (SSSR count). The Bertz CT molecular complexity index is 1230. The minimum absolute atomic E-state index is 0.287. The highest BCUT2D eigenvalue weighted by Gasteiger charge is 2.38. The average molecular weight is 474 g/mol. The molecule has 1 aliphatic heterocycles. The van der Waals surface area contributed by atoms with E-state index in [0.29, 0.717) is 35.1 Å². The molecular weight excluding hydrogens is 446 g/mol. The van der Waals surface area contributed by atoms with Crippen LogP contribution in [-0.2, 0) is 11.4 Å². The van der Waals surface area contributed by atoms with Gasteiger partial charge in [0, 0.05) is 5.70 Å². The van der Waals surface area contributed by atoms with Crippen LogP contribution in [0, 0.1) is 5.92 Å². The molecule has 1 heterocycles. The van der Waals surface area contributed by atoms with Crippen LogP contribution in [0.5, 0.6) is 17.2 Å². The van der Waals surface area contributed by atoms with Gasteiger partial charge in [0.1, 0.15) is 18.3 Å². The van der Waals surface area contributed by atoms with Gasteiger partial charge < -0.3 is 30.2 Å². The van der Waals surface area contributed by atoms with Gasteiger partial charge in [-0.1, -0.05) is 55.1 Å². The van der Waals surface area contributed by atoms with E-state index >= 15 is 0 Å². The predicted octanol–water partition coefficient (Wildman–Crippen LogP) is 4.41. The van der Waals surface area contributed by atoms with E-state index in [9.17, 15) is 9.59 Å². The van der Waals surface area contributed by atoms with Crippen molar-refractivity contribution in [1.82, 2.24) is 10.6 Å². The summed E-state index contributed by atoms with van der Waals surface area (Å²) in [4.78, 5) is 25.6. The third-order valence-corrected chi connectivity index (χ3v) is 5.70. The maximum Gasteiger partial charge on any atom is 0.319 e. The normalized spacial score (nSPS) is 17.1. The van der Waals surface area contributed by atoms with Crippen LogP contribution in [0.1, 0.15) is 17.2 Å². The number of hydrogen-bond acceptors (Lipinski definition) is 5.